The maximum absolute atomic E-state index is 2.44. The fourth-order valence-electron chi connectivity index (χ4n) is 13.8. The molecule has 414 valence electrons. The molecule has 88 heavy (non-hydrogen) atoms. The topological polar surface area (TPSA) is 6.48 Å². The Balaban J connectivity index is 0.766. The van der Waals surface area contributed by atoms with Crippen LogP contribution in [0, 0.1) is 13.8 Å². The Kier molecular flexibility index (Phi) is 13.0. The van der Waals surface area contributed by atoms with E-state index in [0.29, 0.717) is 0 Å². The Labute approximate surface area is 513 Å². The predicted molar refractivity (Wildman–Crippen MR) is 377 cm³/mol. The number of anilines is 6. The van der Waals surface area contributed by atoms with Crippen molar-refractivity contribution in [3.8, 4) is 55.6 Å². The zero-order chi connectivity index (χ0) is 58.7. The molecule has 0 spiro atoms. The van der Waals surface area contributed by atoms with Crippen molar-refractivity contribution >= 4 is 98.8 Å². The number of fused-ring (bicyclic) bond motifs is 12. The second kappa shape index (κ2) is 21.9. The summed E-state index contributed by atoms with van der Waals surface area (Å²) in [6, 6.07) is 121. The van der Waals surface area contributed by atoms with Crippen LogP contribution in [0.25, 0.3) is 120 Å². The molecule has 0 unspecified atom stereocenters. The number of rotatable bonds is 11. The lowest BCUT2D eigenvalue weighted by Crippen LogP contribution is -2.13. The highest BCUT2D eigenvalue weighted by Crippen LogP contribution is 2.47. The van der Waals surface area contributed by atoms with Crippen molar-refractivity contribution in [2.75, 3.05) is 9.80 Å². The first-order chi connectivity index (χ1) is 43.5. The van der Waals surface area contributed by atoms with E-state index in [4.69, 9.17) is 0 Å². The second-order valence-electron chi connectivity index (χ2n) is 23.2. The lowest BCUT2D eigenvalue weighted by atomic mass is 9.92. The van der Waals surface area contributed by atoms with E-state index in [2.05, 4.69) is 351 Å². The summed E-state index contributed by atoms with van der Waals surface area (Å²) < 4.78 is 0. The Bertz CT molecular complexity index is 4930. The van der Waals surface area contributed by atoms with Crippen LogP contribution >= 0.6 is 0 Å². The normalized spacial score (nSPS) is 11.5. The molecule has 0 N–H and O–H groups in total. The van der Waals surface area contributed by atoms with E-state index < -0.39 is 0 Å². The van der Waals surface area contributed by atoms with Crippen molar-refractivity contribution in [1.29, 1.82) is 0 Å². The smallest absolute Gasteiger partial charge is 0.0540 e. The average Bonchev–Trinajstić information content (AvgIpc) is 1.42. The Morgan fingerprint density at radius 2 is 0.432 bits per heavy atom. The molecule has 0 bridgehead atoms. The molecule has 0 atom stereocenters. The molecular weight excluding hydrogens is 1060 g/mol. The molecule has 16 aromatic rings. The summed E-state index contributed by atoms with van der Waals surface area (Å²) in [7, 11) is 0. The van der Waals surface area contributed by atoms with E-state index in [9.17, 15) is 0 Å². The molecule has 2 heteroatoms. The summed E-state index contributed by atoms with van der Waals surface area (Å²) >= 11 is 0. The van der Waals surface area contributed by atoms with Crippen molar-refractivity contribution in [2.24, 2.45) is 0 Å². The number of para-hydroxylation sites is 2. The van der Waals surface area contributed by atoms with Gasteiger partial charge in [-0.25, -0.2) is 0 Å². The third kappa shape index (κ3) is 9.13. The van der Waals surface area contributed by atoms with Crippen molar-refractivity contribution in [2.45, 2.75) is 13.8 Å². The minimum Gasteiger partial charge on any atom is -0.310 e. The van der Waals surface area contributed by atoms with Gasteiger partial charge in [-0.05, 0) is 207 Å². The zero-order valence-corrected chi connectivity index (χ0v) is 49.1. The third-order valence-electron chi connectivity index (χ3n) is 18.1. The second-order valence-corrected chi connectivity index (χ2v) is 23.2. The molecule has 16 rings (SSSR count). The summed E-state index contributed by atoms with van der Waals surface area (Å²) in [5.41, 5.74) is 20.7. The van der Waals surface area contributed by atoms with Gasteiger partial charge in [-0.3, -0.25) is 0 Å². The summed E-state index contributed by atoms with van der Waals surface area (Å²) in [4.78, 5) is 4.88. The highest BCUT2D eigenvalue weighted by Gasteiger charge is 2.23. The van der Waals surface area contributed by atoms with Crippen LogP contribution in [0.1, 0.15) is 11.1 Å². The van der Waals surface area contributed by atoms with Gasteiger partial charge in [-0.2, -0.15) is 0 Å². The van der Waals surface area contributed by atoms with Crippen molar-refractivity contribution in [1.82, 2.24) is 0 Å². The van der Waals surface area contributed by atoms with Gasteiger partial charge in [0.25, 0.3) is 0 Å². The van der Waals surface area contributed by atoms with E-state index in [-0.39, 0.29) is 0 Å². The minimum atomic E-state index is 1.09. The first-order valence-electron chi connectivity index (χ1n) is 30.5. The third-order valence-corrected chi connectivity index (χ3v) is 18.1. The number of nitrogens with zero attached hydrogens (tertiary/aromatic N) is 2. The fraction of sp³-hybridized carbons (Fsp3) is 0.0233. The predicted octanol–water partition coefficient (Wildman–Crippen LogP) is 24.5. The van der Waals surface area contributed by atoms with E-state index in [1.165, 1.54) is 120 Å². The molecule has 0 aliphatic rings. The summed E-state index contributed by atoms with van der Waals surface area (Å²) in [5, 5.41) is 15.4. The van der Waals surface area contributed by atoms with Crippen molar-refractivity contribution < 1.29 is 0 Å². The summed E-state index contributed by atoms with van der Waals surface area (Å²) in [5.74, 6) is 0. The lowest BCUT2D eigenvalue weighted by Gasteiger charge is -2.30. The summed E-state index contributed by atoms with van der Waals surface area (Å²) in [6.45, 7) is 4.51. The van der Waals surface area contributed by atoms with Gasteiger partial charge in [0, 0.05) is 33.9 Å². The molecular formula is C86H60N2. The van der Waals surface area contributed by atoms with Gasteiger partial charge in [-0.15, -0.1) is 0 Å². The van der Waals surface area contributed by atoms with Crippen LogP contribution in [-0.2, 0) is 0 Å². The van der Waals surface area contributed by atoms with Crippen LogP contribution in [0.4, 0.5) is 34.1 Å². The van der Waals surface area contributed by atoms with Gasteiger partial charge >= 0.3 is 0 Å². The molecule has 0 radical (unpaired) electrons. The molecule has 16 aromatic carbocycles. The number of benzene rings is 16. The quantitative estimate of drug-likeness (QED) is 0.119. The maximum atomic E-state index is 2.44. The van der Waals surface area contributed by atoms with Gasteiger partial charge in [0.05, 0.1) is 11.4 Å². The first kappa shape index (κ1) is 52.3. The van der Waals surface area contributed by atoms with Crippen molar-refractivity contribution in [3.05, 3.63) is 339 Å². The van der Waals surface area contributed by atoms with Gasteiger partial charge < -0.3 is 9.80 Å². The van der Waals surface area contributed by atoms with Gasteiger partial charge in [0.2, 0.25) is 0 Å². The molecule has 0 aliphatic carbocycles. The highest BCUT2D eigenvalue weighted by molar-refractivity contribution is 6.27. The maximum Gasteiger partial charge on any atom is 0.0540 e. The molecule has 0 saturated carbocycles. The van der Waals surface area contributed by atoms with Crippen LogP contribution in [0.3, 0.4) is 0 Å². The number of hydrogen-bond acceptors (Lipinski definition) is 2. The molecule has 0 amide bonds. The van der Waals surface area contributed by atoms with Crippen LogP contribution in [-0.4, -0.2) is 0 Å². The largest absolute Gasteiger partial charge is 0.310 e. The fourth-order valence-corrected chi connectivity index (χ4v) is 13.8. The summed E-state index contributed by atoms with van der Waals surface area (Å²) in [6.07, 6.45) is 0. The molecule has 0 aliphatic heterocycles. The lowest BCUT2D eigenvalue weighted by molar-refractivity contribution is 1.24. The molecule has 2 nitrogen and oxygen atoms in total. The SMILES string of the molecule is Cc1cc(-c2ccc(N(c3ccc(-c4ccc5c6ccccc6c6ccccc6c5c4)cc3)c3ccccc3-c3ccccc3)c(C)c2)ccc1N(c1ccc(-c2ccc3c4ccccc4c4ccccc4c3c2)cc1)c1ccccc1-c1ccccc1. The van der Waals surface area contributed by atoms with Crippen molar-refractivity contribution in [3.63, 3.8) is 0 Å². The molecule has 0 aromatic heterocycles. The molecule has 0 fully saturated rings. The van der Waals surface area contributed by atoms with E-state index in [1.54, 1.807) is 0 Å². The zero-order valence-electron chi connectivity index (χ0n) is 49.1. The van der Waals surface area contributed by atoms with E-state index in [0.717, 1.165) is 45.3 Å². The Hall–Kier alpha value is -11.3. The molecule has 0 saturated heterocycles. The number of hydrogen-bond donors (Lipinski definition) is 0. The van der Waals surface area contributed by atoms with Crippen LogP contribution < -0.4 is 9.80 Å². The Morgan fingerprint density at radius 1 is 0.170 bits per heavy atom. The van der Waals surface area contributed by atoms with E-state index >= 15 is 0 Å². The standard InChI is InChI=1S/C86H60N2/c1-57-53-63(43-51-83(57)87(85-35-19-17-25-69(85)61-21-5-3-6-22-61)67-45-37-59(38-46-67)65-41-49-79-75-31-11-9-27-71(75)73-29-13-15-33-77(73)81(79)55-65)64-44-52-84(58(2)54-64)88(86-36-20-18-26-70(86)62-23-7-4-8-24-62)68-47-39-60(40-48-68)66-42-50-80-76-32-12-10-28-72(76)74-30-14-16-34-78(74)82(80)56-66/h3-56H,1-2H3. The van der Waals surface area contributed by atoms with Crippen LogP contribution in [0.15, 0.2) is 328 Å². The Morgan fingerprint density at radius 3 is 0.773 bits per heavy atom. The van der Waals surface area contributed by atoms with Gasteiger partial charge in [0.15, 0.2) is 0 Å². The first-order valence-corrected chi connectivity index (χ1v) is 30.5. The monoisotopic (exact) mass is 1120 g/mol. The van der Waals surface area contributed by atoms with Gasteiger partial charge in [-0.1, -0.05) is 255 Å². The number of aryl methyl sites for hydroxylation is 2. The molecule has 0 heterocycles. The van der Waals surface area contributed by atoms with Crippen LogP contribution in [0.2, 0.25) is 0 Å². The van der Waals surface area contributed by atoms with Crippen LogP contribution in [0.5, 0.6) is 0 Å². The van der Waals surface area contributed by atoms with Gasteiger partial charge in [0.1, 0.15) is 0 Å². The minimum absolute atomic E-state index is 1.09. The average molecular weight is 1120 g/mol. The van der Waals surface area contributed by atoms with E-state index in [1.807, 2.05) is 0 Å². The highest BCUT2D eigenvalue weighted by atomic mass is 15.2.